The zero-order chi connectivity index (χ0) is 8.57. The molecule has 0 aromatic carbocycles. The Kier molecular flexibility index (Phi) is 16.9. The smallest absolute Gasteiger partial charge is 0.537 e. The number of carboxylic acid groups (broad SMARTS) is 2. The standard InChI is InChI=1S/2C3H2O2.Al/c2*1-2-3(4)5;/h2*1H,(H,4,5);/q;;+2/p-2. The van der Waals surface area contributed by atoms with Crippen molar-refractivity contribution in [1.82, 2.24) is 0 Å². The average molecular weight is 165 g/mol. The molecule has 53 valence electrons. The van der Waals surface area contributed by atoms with Crippen molar-refractivity contribution in [2.75, 3.05) is 0 Å². The van der Waals surface area contributed by atoms with Crippen LogP contribution in [0.1, 0.15) is 0 Å². The van der Waals surface area contributed by atoms with E-state index in [2.05, 4.69) is 12.8 Å². The van der Waals surface area contributed by atoms with Crippen LogP contribution in [0.5, 0.6) is 0 Å². The third-order valence-corrected chi connectivity index (χ3v) is 0.236. The van der Waals surface area contributed by atoms with Crippen LogP contribution >= 0.6 is 0 Å². The predicted octanol–water partition coefficient (Wildman–Crippen LogP) is -3.64. The summed E-state index contributed by atoms with van der Waals surface area (Å²) >= 11 is 0. The summed E-state index contributed by atoms with van der Waals surface area (Å²) in [5.41, 5.74) is 0. The fourth-order valence-electron chi connectivity index (χ4n) is 0. The molecule has 0 aliphatic carbocycles. The first-order chi connectivity index (χ1) is 4.54. The van der Waals surface area contributed by atoms with E-state index in [1.807, 2.05) is 0 Å². The van der Waals surface area contributed by atoms with Gasteiger partial charge >= 0.3 is 17.4 Å². The van der Waals surface area contributed by atoms with Gasteiger partial charge in [0.25, 0.3) is 0 Å². The summed E-state index contributed by atoms with van der Waals surface area (Å²) in [6.45, 7) is 0. The van der Waals surface area contributed by atoms with Crippen molar-refractivity contribution in [2.45, 2.75) is 0 Å². The van der Waals surface area contributed by atoms with E-state index in [9.17, 15) is 0 Å². The van der Waals surface area contributed by atoms with Gasteiger partial charge in [0.1, 0.15) is 11.9 Å². The third-order valence-electron chi connectivity index (χ3n) is 0.236. The quantitative estimate of drug-likeness (QED) is 0.274. The number of carboxylic acids is 2. The first-order valence-corrected chi connectivity index (χ1v) is 1.89. The Labute approximate surface area is 74.4 Å². The summed E-state index contributed by atoms with van der Waals surface area (Å²) in [5, 5.41) is 18.0. The van der Waals surface area contributed by atoms with Crippen LogP contribution in [0.25, 0.3) is 0 Å². The molecule has 0 saturated carbocycles. The fraction of sp³-hybridized carbons (Fsp3) is 0. The van der Waals surface area contributed by atoms with Crippen LogP contribution in [0.4, 0.5) is 0 Å². The van der Waals surface area contributed by atoms with E-state index in [1.165, 1.54) is 11.8 Å². The maximum absolute atomic E-state index is 9.02. The summed E-state index contributed by atoms with van der Waals surface area (Å²) in [5.74, 6) is -0.269. The molecule has 0 aromatic heterocycles. The molecule has 11 heavy (non-hydrogen) atoms. The van der Waals surface area contributed by atoms with Crippen LogP contribution in [0.2, 0.25) is 0 Å². The van der Waals surface area contributed by atoms with Crippen molar-refractivity contribution in [3.05, 3.63) is 0 Å². The number of terminal acetylenes is 2. The van der Waals surface area contributed by atoms with E-state index in [0.29, 0.717) is 0 Å². The zero-order valence-corrected chi connectivity index (χ0v) is 6.52. The Hall–Kier alpha value is -1.41. The molecule has 0 fully saturated rings. The van der Waals surface area contributed by atoms with Crippen LogP contribution in [0, 0.1) is 24.7 Å². The van der Waals surface area contributed by atoms with Crippen LogP contribution < -0.4 is 10.2 Å². The summed E-state index contributed by atoms with van der Waals surface area (Å²) in [7, 11) is 0. The molecule has 0 unspecified atom stereocenters. The largest absolute Gasteiger partial charge is 2.00 e. The van der Waals surface area contributed by atoms with Gasteiger partial charge in [0.2, 0.25) is 0 Å². The topological polar surface area (TPSA) is 80.3 Å². The van der Waals surface area contributed by atoms with Gasteiger partial charge < -0.3 is 19.8 Å². The van der Waals surface area contributed by atoms with Crippen molar-refractivity contribution in [3.63, 3.8) is 0 Å². The first-order valence-electron chi connectivity index (χ1n) is 1.89. The van der Waals surface area contributed by atoms with Crippen LogP contribution in [0.3, 0.4) is 0 Å². The van der Waals surface area contributed by atoms with E-state index in [1.54, 1.807) is 0 Å². The second kappa shape index (κ2) is 11.4. The van der Waals surface area contributed by atoms with Crippen molar-refractivity contribution in [1.29, 1.82) is 0 Å². The molecular weight excluding hydrogens is 163 g/mol. The Morgan fingerprint density at radius 2 is 1.09 bits per heavy atom. The van der Waals surface area contributed by atoms with E-state index < -0.39 is 11.9 Å². The summed E-state index contributed by atoms with van der Waals surface area (Å²) in [6, 6.07) is 0. The Morgan fingerprint density at radius 3 is 1.09 bits per heavy atom. The van der Waals surface area contributed by atoms with Crippen LogP contribution in [-0.2, 0) is 9.59 Å². The van der Waals surface area contributed by atoms with Gasteiger partial charge in [-0.15, -0.1) is 12.8 Å². The first kappa shape index (κ1) is 16.3. The monoisotopic (exact) mass is 165 g/mol. The fourth-order valence-corrected chi connectivity index (χ4v) is 0. The Bertz CT molecular complexity index is 184. The van der Waals surface area contributed by atoms with E-state index in [4.69, 9.17) is 19.8 Å². The van der Waals surface area contributed by atoms with E-state index in [-0.39, 0.29) is 17.4 Å². The van der Waals surface area contributed by atoms with Gasteiger partial charge in [-0.2, -0.15) is 0 Å². The van der Waals surface area contributed by atoms with Gasteiger partial charge in [0.05, 0.1) is 0 Å². The molecule has 0 N–H and O–H groups in total. The molecule has 0 heterocycles. The molecule has 5 heteroatoms. The molecule has 0 aromatic rings. The molecule has 1 radical (unpaired) electrons. The molecule has 0 amide bonds. The van der Waals surface area contributed by atoms with Gasteiger partial charge in [0, 0.05) is 0 Å². The maximum Gasteiger partial charge on any atom is 2.00 e. The minimum atomic E-state index is -1.47. The van der Waals surface area contributed by atoms with Crippen molar-refractivity contribution >= 4 is 29.3 Å². The van der Waals surface area contributed by atoms with Gasteiger partial charge in [-0.3, -0.25) is 0 Å². The number of hydrogen-bond acceptors (Lipinski definition) is 4. The predicted molar refractivity (Wildman–Crippen MR) is 33.4 cm³/mol. The zero-order valence-electron chi connectivity index (χ0n) is 5.37. The number of aliphatic carboxylic acids is 2. The molecule has 0 rings (SSSR count). The summed E-state index contributed by atoms with van der Waals surface area (Å²) in [6.07, 6.45) is 8.52. The molecule has 0 bridgehead atoms. The molecule has 0 aliphatic rings. The minimum Gasteiger partial charge on any atom is -0.537 e. The van der Waals surface area contributed by atoms with Crippen LogP contribution in [0.15, 0.2) is 0 Å². The average Bonchev–Trinajstić information content (AvgIpc) is 1.89. The maximum atomic E-state index is 9.02. The molecule has 0 spiro atoms. The second-order valence-corrected chi connectivity index (χ2v) is 0.864. The van der Waals surface area contributed by atoms with Gasteiger partial charge in [0.15, 0.2) is 0 Å². The molecule has 0 atom stereocenters. The van der Waals surface area contributed by atoms with Crippen molar-refractivity contribution in [2.24, 2.45) is 0 Å². The second-order valence-electron chi connectivity index (χ2n) is 0.864. The number of carbonyl (C=O) groups is 2. The van der Waals surface area contributed by atoms with Gasteiger partial charge in [-0.05, 0) is 0 Å². The summed E-state index contributed by atoms with van der Waals surface area (Å²) < 4.78 is 0. The number of rotatable bonds is 0. The van der Waals surface area contributed by atoms with Gasteiger partial charge in [-0.25, -0.2) is 0 Å². The van der Waals surface area contributed by atoms with Crippen molar-refractivity contribution < 1.29 is 19.8 Å². The Balaban J connectivity index is -0.000000107. The molecule has 4 nitrogen and oxygen atoms in total. The molecule has 0 aliphatic heterocycles. The number of carbonyl (C=O) groups excluding carboxylic acids is 2. The third kappa shape index (κ3) is 55.6. The van der Waals surface area contributed by atoms with E-state index >= 15 is 0 Å². The Morgan fingerprint density at radius 1 is 1.00 bits per heavy atom. The van der Waals surface area contributed by atoms with Gasteiger partial charge in [-0.1, -0.05) is 11.8 Å². The SMILES string of the molecule is C#CC(=O)[O-].C#CC(=O)[O-].[Al+2]. The number of hydrogen-bond donors (Lipinski definition) is 0. The van der Waals surface area contributed by atoms with Crippen LogP contribution in [-0.4, -0.2) is 29.3 Å². The summed E-state index contributed by atoms with van der Waals surface area (Å²) in [4.78, 5) is 18.0. The molecular formula is C6H2AlO4. The normalized spacial score (nSPS) is 4.91. The van der Waals surface area contributed by atoms with Crippen molar-refractivity contribution in [3.8, 4) is 24.7 Å². The minimum absolute atomic E-state index is 0. The van der Waals surface area contributed by atoms with E-state index in [0.717, 1.165) is 0 Å². The molecule has 0 saturated heterocycles.